The summed E-state index contributed by atoms with van der Waals surface area (Å²) in [5.41, 5.74) is 0. The SMILES string of the molecule is CCCCP(=O)(CCCC)CP(=O)(c1ccccc1)c1ccccc1.CCCCP(=O)(CCCC)CP(=O)(c1ccccc1)c1ccccc1.O=P(c1ccccc1)(c1ccccc1)c1ccccc1.O=P(c1ccccc1)(c1ccccc1)c1ccccc1.OC(CC(O)C(F)(F)F)C(F)(F)F.OC(CC(O)C(F)(F)F)C(F)(F)F.[Eu].[Eu]. The van der Waals surface area contributed by atoms with E-state index < -0.39 is 105 Å². The molecular weight excluding hydrogens is 1930 g/mol. The predicted octanol–water partition coefficient (Wildman–Crippen LogP) is 20.9. The van der Waals surface area contributed by atoms with E-state index in [2.05, 4.69) is 27.7 Å². The fraction of sp³-hybridized carbons (Fsp3) is 0.318. The molecule has 118 heavy (non-hydrogen) atoms. The quantitative estimate of drug-likeness (QED) is 0.0250. The van der Waals surface area contributed by atoms with E-state index in [1.165, 1.54) is 0 Å². The van der Waals surface area contributed by atoms with Crippen molar-refractivity contribution in [3.63, 3.8) is 0 Å². The van der Waals surface area contributed by atoms with Crippen LogP contribution in [0.2, 0.25) is 0 Å². The molecule has 0 saturated carbocycles. The van der Waals surface area contributed by atoms with Crippen molar-refractivity contribution < 1.29 is 199 Å². The van der Waals surface area contributed by atoms with Gasteiger partial charge >= 0.3 is 24.7 Å². The molecule has 0 spiro atoms. The summed E-state index contributed by atoms with van der Waals surface area (Å²) in [4.78, 5) is 0. The van der Waals surface area contributed by atoms with Crippen LogP contribution >= 0.6 is 42.9 Å². The fourth-order valence-corrected chi connectivity index (χ4v) is 35.2. The average Bonchev–Trinajstić information content (AvgIpc) is 0.792. The Hall–Kier alpha value is -4.25. The van der Waals surface area contributed by atoms with E-state index in [-0.39, 0.29) is 98.8 Å². The van der Waals surface area contributed by atoms with Crippen LogP contribution in [0.4, 0.5) is 52.7 Å². The van der Waals surface area contributed by atoms with Crippen LogP contribution in [-0.2, 0) is 27.4 Å². The first-order valence-electron chi connectivity index (χ1n) is 37.9. The molecular formula is C88H102Eu2F12O10P6. The Morgan fingerprint density at radius 1 is 0.237 bits per heavy atom. The summed E-state index contributed by atoms with van der Waals surface area (Å²) in [6, 6.07) is 96.9. The van der Waals surface area contributed by atoms with Gasteiger partial charge in [0.1, 0.15) is 14.3 Å². The van der Waals surface area contributed by atoms with Gasteiger partial charge in [0.15, 0.2) is 38.7 Å². The Labute approximate surface area is 767 Å². The number of aliphatic hydroxyl groups is 4. The van der Waals surface area contributed by atoms with Crippen LogP contribution in [0.15, 0.2) is 303 Å². The Bertz CT molecular complexity index is 4060. The Kier molecular flexibility index (Phi) is 48.0. The van der Waals surface area contributed by atoms with Crippen molar-refractivity contribution in [3.05, 3.63) is 303 Å². The van der Waals surface area contributed by atoms with Crippen molar-refractivity contribution in [2.24, 2.45) is 0 Å². The number of halogens is 12. The summed E-state index contributed by atoms with van der Waals surface area (Å²) in [5, 5.41) is 41.1. The van der Waals surface area contributed by atoms with Gasteiger partial charge in [-0.1, -0.05) is 357 Å². The Morgan fingerprint density at radius 3 is 0.483 bits per heavy atom. The second-order valence-electron chi connectivity index (χ2n) is 27.5. The third kappa shape index (κ3) is 34.4. The maximum atomic E-state index is 14.2. The van der Waals surface area contributed by atoms with Crippen LogP contribution in [0.5, 0.6) is 0 Å². The second kappa shape index (κ2) is 52.5. The first kappa shape index (κ1) is 108. The zero-order valence-electron chi connectivity index (χ0n) is 65.7. The molecule has 0 saturated heterocycles. The number of benzene rings is 10. The van der Waals surface area contributed by atoms with Crippen LogP contribution in [0.3, 0.4) is 0 Å². The molecule has 642 valence electrons. The van der Waals surface area contributed by atoms with Gasteiger partial charge in [-0.2, -0.15) is 52.7 Å². The minimum absolute atomic E-state index is 0. The van der Waals surface area contributed by atoms with E-state index in [4.69, 9.17) is 20.4 Å². The zero-order chi connectivity index (χ0) is 85.8. The molecule has 0 aliphatic heterocycles. The Morgan fingerprint density at radius 2 is 0.364 bits per heavy atom. The maximum absolute atomic E-state index is 14.2. The number of unbranched alkanes of at least 4 members (excludes halogenated alkanes) is 4. The normalized spacial score (nSPS) is 13.1. The van der Waals surface area contributed by atoms with Gasteiger partial charge in [-0.05, 0) is 25.7 Å². The average molecular weight is 2040 g/mol. The van der Waals surface area contributed by atoms with Crippen LogP contribution in [0.25, 0.3) is 0 Å². The van der Waals surface area contributed by atoms with Crippen LogP contribution in [0.1, 0.15) is 91.9 Å². The summed E-state index contributed by atoms with van der Waals surface area (Å²) in [6.45, 7) is 8.49. The van der Waals surface area contributed by atoms with Gasteiger partial charge < -0.3 is 47.8 Å². The van der Waals surface area contributed by atoms with Gasteiger partial charge in [0, 0.05) is 189 Å². The van der Waals surface area contributed by atoms with Gasteiger partial charge in [0.05, 0.1) is 26.1 Å². The molecule has 0 aliphatic rings. The molecule has 10 aromatic carbocycles. The number of hydrogen-bond donors (Lipinski definition) is 4. The van der Waals surface area contributed by atoms with Crippen molar-refractivity contribution in [1.29, 1.82) is 0 Å². The standard InChI is InChI=1S/2C21H30O2P2.2C18H15OP.2C5H6F6O2.2Eu/c2*1-3-5-17-24(22,18-6-4-2)19-25(23,20-13-9-7-10-14-20)21-15-11-8-12-16-21;2*19-20(16-10-4-1-5-11-16,17-12-6-2-7-13-17)18-14-8-3-9-15-18;2*6-4(7,8)2(12)1-3(13)5(9,10)11;;/h2*7-16H,3-6,17-19H2,1-2H3;2*1-15H;2*2-3,12-13H,1H2;;. The summed E-state index contributed by atoms with van der Waals surface area (Å²) in [5.74, 6) is 0.655. The van der Waals surface area contributed by atoms with Gasteiger partial charge in [-0.25, -0.2) is 0 Å². The number of aliphatic hydroxyl groups excluding tert-OH is 4. The van der Waals surface area contributed by atoms with E-state index in [0.29, 0.717) is 36.5 Å². The van der Waals surface area contributed by atoms with Gasteiger partial charge in [-0.3, -0.25) is 0 Å². The Balaban J connectivity index is 0.000000371. The molecule has 4 N–H and O–H groups in total. The number of hydrogen-bond acceptors (Lipinski definition) is 10. The van der Waals surface area contributed by atoms with Crippen molar-refractivity contribution in [2.45, 2.75) is 141 Å². The van der Waals surface area contributed by atoms with Crippen molar-refractivity contribution >= 4 is 95.9 Å². The molecule has 4 atom stereocenters. The molecule has 0 aliphatic carbocycles. The smallest absolute Gasteiger partial charge is 0.384 e. The van der Waals surface area contributed by atoms with Crippen molar-refractivity contribution in [1.82, 2.24) is 0 Å². The van der Waals surface area contributed by atoms with E-state index in [0.717, 1.165) is 104 Å². The molecule has 10 aromatic rings. The minimum atomic E-state index is -5.15. The second-order valence-corrected chi connectivity index (χ2v) is 46.3. The van der Waals surface area contributed by atoms with Gasteiger partial charge in [-0.15, -0.1) is 0 Å². The molecule has 0 fully saturated rings. The molecule has 30 heteroatoms. The first-order valence-corrected chi connectivity index (χ1v) is 49.6. The van der Waals surface area contributed by atoms with Crippen molar-refractivity contribution in [2.75, 3.05) is 36.5 Å². The van der Waals surface area contributed by atoms with E-state index in [1.54, 1.807) is 0 Å². The molecule has 10 rings (SSSR count). The van der Waals surface area contributed by atoms with Gasteiger partial charge in [0.2, 0.25) is 0 Å². The number of rotatable bonds is 30. The molecule has 0 heterocycles. The monoisotopic (exact) mass is 2040 g/mol. The molecule has 10 nitrogen and oxygen atoms in total. The zero-order valence-corrected chi connectivity index (χ0v) is 75.9. The predicted molar refractivity (Wildman–Crippen MR) is 453 cm³/mol. The summed E-state index contributed by atoms with van der Waals surface area (Å²) >= 11 is 0. The summed E-state index contributed by atoms with van der Waals surface area (Å²) < 4.78 is 221. The van der Waals surface area contributed by atoms with E-state index >= 15 is 0 Å². The largest absolute Gasteiger partial charge is 0.414 e. The van der Waals surface area contributed by atoms with E-state index in [1.807, 2.05) is 303 Å². The maximum Gasteiger partial charge on any atom is 0.414 e. The molecule has 0 bridgehead atoms. The minimum Gasteiger partial charge on any atom is -0.384 e. The van der Waals surface area contributed by atoms with Crippen LogP contribution in [-0.4, -0.2) is 106 Å². The van der Waals surface area contributed by atoms with Gasteiger partial charge in [0.25, 0.3) is 0 Å². The molecule has 0 aromatic heterocycles. The van der Waals surface area contributed by atoms with E-state index in [9.17, 15) is 80.1 Å². The fourth-order valence-electron chi connectivity index (χ4n) is 12.0. The van der Waals surface area contributed by atoms with Crippen LogP contribution in [0, 0.1) is 98.8 Å². The molecule has 0 amide bonds. The topological polar surface area (TPSA) is 183 Å². The van der Waals surface area contributed by atoms with Crippen LogP contribution < -0.4 is 53.0 Å². The summed E-state index contributed by atoms with van der Waals surface area (Å²) in [6.07, 6.45) is -26.1. The summed E-state index contributed by atoms with van der Waals surface area (Å²) in [7, 11) is -16.3. The third-order valence-corrected chi connectivity index (χ3v) is 40.9. The molecule has 4 unspecified atom stereocenters. The third-order valence-electron chi connectivity index (χ3n) is 18.4. The molecule has 2 radical (unpaired) electrons. The number of alkyl halides is 12. The first-order chi connectivity index (χ1) is 54.8. The van der Waals surface area contributed by atoms with Crippen molar-refractivity contribution in [3.8, 4) is 0 Å².